The molecule has 0 unspecified atom stereocenters. The predicted octanol–water partition coefficient (Wildman–Crippen LogP) is 5.69. The minimum Gasteiger partial charge on any atom is -0.467 e. The minimum absolute atomic E-state index is 0.158. The second-order valence-electron chi connectivity index (χ2n) is 5.94. The molecule has 4 rings (SSSR count). The number of carbonyl (C=O) groups is 1. The number of amides is 1. The third kappa shape index (κ3) is 5.02. The third-order valence-electron chi connectivity index (χ3n) is 3.83. The van der Waals surface area contributed by atoms with Crippen LogP contribution in [0, 0.1) is 0 Å². The van der Waals surface area contributed by atoms with E-state index in [9.17, 15) is 4.79 Å². The summed E-state index contributed by atoms with van der Waals surface area (Å²) in [4.78, 5) is 13.4. The molecule has 3 aromatic heterocycles. The van der Waals surface area contributed by atoms with Crippen LogP contribution in [0.1, 0.15) is 5.76 Å². The van der Waals surface area contributed by atoms with Gasteiger partial charge in [-0.2, -0.15) is 0 Å². The molecule has 10 heteroatoms. The Kier molecular flexibility index (Phi) is 6.25. The summed E-state index contributed by atoms with van der Waals surface area (Å²) >= 11 is 14.8. The zero-order chi connectivity index (χ0) is 20.2. The molecule has 4 aromatic rings. The molecule has 0 aliphatic heterocycles. The fraction of sp³-hybridized carbons (Fsp3) is 0.105. The van der Waals surface area contributed by atoms with Crippen molar-refractivity contribution >= 4 is 57.9 Å². The van der Waals surface area contributed by atoms with Gasteiger partial charge in [-0.05, 0) is 41.8 Å². The monoisotopic (exact) mass is 464 g/mol. The Hall–Kier alpha value is -2.26. The van der Waals surface area contributed by atoms with Crippen LogP contribution >= 0.6 is 46.3 Å². The zero-order valence-corrected chi connectivity index (χ0v) is 18.0. The molecule has 0 saturated carbocycles. The van der Waals surface area contributed by atoms with Crippen LogP contribution in [0.5, 0.6) is 0 Å². The van der Waals surface area contributed by atoms with Crippen LogP contribution in [-0.4, -0.2) is 26.4 Å². The van der Waals surface area contributed by atoms with E-state index in [0.29, 0.717) is 27.4 Å². The third-order valence-corrected chi connectivity index (χ3v) is 6.10. The highest BCUT2D eigenvalue weighted by molar-refractivity contribution is 7.99. The van der Waals surface area contributed by atoms with E-state index in [1.54, 1.807) is 35.8 Å². The van der Waals surface area contributed by atoms with Crippen molar-refractivity contribution in [3.05, 3.63) is 69.9 Å². The lowest BCUT2D eigenvalue weighted by Gasteiger charge is -2.09. The summed E-state index contributed by atoms with van der Waals surface area (Å²) in [6.07, 6.45) is 1.63. The number of aromatic nitrogens is 3. The average Bonchev–Trinajstić information content (AvgIpc) is 3.42. The first kappa shape index (κ1) is 20.0. The fourth-order valence-electron chi connectivity index (χ4n) is 2.64. The van der Waals surface area contributed by atoms with Crippen LogP contribution in [0.15, 0.2) is 63.7 Å². The van der Waals surface area contributed by atoms with E-state index in [2.05, 4.69) is 15.5 Å². The van der Waals surface area contributed by atoms with E-state index in [1.165, 1.54) is 11.8 Å². The first-order valence-corrected chi connectivity index (χ1v) is 11.1. The van der Waals surface area contributed by atoms with Crippen LogP contribution in [0.4, 0.5) is 5.69 Å². The molecule has 1 amide bonds. The molecular weight excluding hydrogens is 451 g/mol. The molecule has 0 spiro atoms. The smallest absolute Gasteiger partial charge is 0.234 e. The molecule has 1 aromatic carbocycles. The number of furan rings is 1. The van der Waals surface area contributed by atoms with Crippen molar-refractivity contribution in [1.82, 2.24) is 14.8 Å². The van der Waals surface area contributed by atoms with E-state index >= 15 is 0 Å². The molecule has 0 fully saturated rings. The zero-order valence-electron chi connectivity index (χ0n) is 14.8. The van der Waals surface area contributed by atoms with Gasteiger partial charge < -0.3 is 9.73 Å². The lowest BCUT2D eigenvalue weighted by molar-refractivity contribution is -0.113. The molecule has 0 bridgehead atoms. The van der Waals surface area contributed by atoms with Crippen molar-refractivity contribution in [1.29, 1.82) is 0 Å². The van der Waals surface area contributed by atoms with E-state index in [0.717, 1.165) is 16.5 Å². The number of carbonyl (C=O) groups excluding carboxylic acids is 1. The van der Waals surface area contributed by atoms with E-state index in [-0.39, 0.29) is 11.7 Å². The Morgan fingerprint density at radius 3 is 2.69 bits per heavy atom. The highest BCUT2D eigenvalue weighted by atomic mass is 35.5. The summed E-state index contributed by atoms with van der Waals surface area (Å²) in [6, 6.07) is 12.6. The SMILES string of the molecule is O=C(CSc1nnc(-c2cccs2)n1Cc1ccco1)Nc1cc(Cl)cc(Cl)c1. The van der Waals surface area contributed by atoms with E-state index < -0.39 is 0 Å². The molecule has 0 aliphatic rings. The van der Waals surface area contributed by atoms with Gasteiger partial charge in [0.05, 0.1) is 23.4 Å². The fourth-order valence-corrected chi connectivity index (χ4v) is 4.62. The van der Waals surface area contributed by atoms with Gasteiger partial charge in [-0.15, -0.1) is 21.5 Å². The Labute approximate surface area is 184 Å². The van der Waals surface area contributed by atoms with Crippen LogP contribution in [-0.2, 0) is 11.3 Å². The molecule has 0 radical (unpaired) electrons. The van der Waals surface area contributed by atoms with Gasteiger partial charge in [0.2, 0.25) is 5.91 Å². The molecule has 0 saturated heterocycles. The van der Waals surface area contributed by atoms with Gasteiger partial charge in [-0.25, -0.2) is 0 Å². The molecule has 29 heavy (non-hydrogen) atoms. The lowest BCUT2D eigenvalue weighted by Crippen LogP contribution is -2.14. The molecular formula is C19H14Cl2N4O2S2. The largest absolute Gasteiger partial charge is 0.467 e. The predicted molar refractivity (Wildman–Crippen MR) is 117 cm³/mol. The Balaban J connectivity index is 1.50. The number of hydrogen-bond donors (Lipinski definition) is 1. The highest BCUT2D eigenvalue weighted by Crippen LogP contribution is 2.28. The summed E-state index contributed by atoms with van der Waals surface area (Å²) in [7, 11) is 0. The van der Waals surface area contributed by atoms with E-state index in [4.69, 9.17) is 27.6 Å². The maximum Gasteiger partial charge on any atom is 0.234 e. The van der Waals surface area contributed by atoms with Crippen molar-refractivity contribution < 1.29 is 9.21 Å². The van der Waals surface area contributed by atoms with Crippen molar-refractivity contribution in [3.63, 3.8) is 0 Å². The molecule has 6 nitrogen and oxygen atoms in total. The number of nitrogens with zero attached hydrogens (tertiary/aromatic N) is 3. The van der Waals surface area contributed by atoms with Gasteiger partial charge in [-0.1, -0.05) is 41.0 Å². The summed E-state index contributed by atoms with van der Waals surface area (Å²) in [5.74, 6) is 1.48. The maximum absolute atomic E-state index is 12.4. The highest BCUT2D eigenvalue weighted by Gasteiger charge is 2.17. The maximum atomic E-state index is 12.4. The normalized spacial score (nSPS) is 11.0. The van der Waals surface area contributed by atoms with Crippen molar-refractivity contribution in [3.8, 4) is 10.7 Å². The summed E-state index contributed by atoms with van der Waals surface area (Å²) in [6.45, 7) is 0.473. The lowest BCUT2D eigenvalue weighted by atomic mass is 10.3. The van der Waals surface area contributed by atoms with Crippen LogP contribution in [0.25, 0.3) is 10.7 Å². The van der Waals surface area contributed by atoms with Gasteiger partial charge in [0.1, 0.15) is 5.76 Å². The summed E-state index contributed by atoms with van der Waals surface area (Å²) in [5.41, 5.74) is 0.546. The number of hydrogen-bond acceptors (Lipinski definition) is 6. The minimum atomic E-state index is -0.196. The molecule has 0 aliphatic carbocycles. The number of thiophene rings is 1. The number of nitrogens with one attached hydrogen (secondary N) is 1. The quantitative estimate of drug-likeness (QED) is 0.355. The number of rotatable bonds is 7. The van der Waals surface area contributed by atoms with Gasteiger partial charge in [-0.3, -0.25) is 9.36 Å². The van der Waals surface area contributed by atoms with Crippen LogP contribution in [0.3, 0.4) is 0 Å². The Morgan fingerprint density at radius 2 is 2.00 bits per heavy atom. The van der Waals surface area contributed by atoms with E-state index in [1.807, 2.05) is 34.2 Å². The van der Waals surface area contributed by atoms with Crippen LogP contribution in [0.2, 0.25) is 10.0 Å². The topological polar surface area (TPSA) is 73.0 Å². The molecule has 1 N–H and O–H groups in total. The summed E-state index contributed by atoms with van der Waals surface area (Å²) in [5, 5.41) is 14.9. The van der Waals surface area contributed by atoms with Crippen molar-refractivity contribution in [2.24, 2.45) is 0 Å². The Morgan fingerprint density at radius 1 is 1.17 bits per heavy atom. The number of thioether (sulfide) groups is 1. The van der Waals surface area contributed by atoms with Gasteiger partial charge >= 0.3 is 0 Å². The number of halogens is 2. The number of benzene rings is 1. The number of anilines is 1. The first-order chi connectivity index (χ1) is 14.1. The average molecular weight is 465 g/mol. The molecule has 148 valence electrons. The van der Waals surface area contributed by atoms with Crippen molar-refractivity contribution in [2.75, 3.05) is 11.1 Å². The second kappa shape index (κ2) is 9.04. The van der Waals surface area contributed by atoms with Gasteiger partial charge in [0.15, 0.2) is 11.0 Å². The first-order valence-electron chi connectivity index (χ1n) is 8.47. The summed E-state index contributed by atoms with van der Waals surface area (Å²) < 4.78 is 7.42. The standard InChI is InChI=1S/C19H14Cl2N4O2S2/c20-12-7-13(21)9-14(8-12)22-17(26)11-29-19-24-23-18(16-4-2-6-28-16)25(19)10-15-3-1-5-27-15/h1-9H,10-11H2,(H,22,26). The molecule has 3 heterocycles. The van der Waals surface area contributed by atoms with Gasteiger partial charge in [0.25, 0.3) is 0 Å². The Bertz CT molecular complexity index is 1090. The second-order valence-corrected chi connectivity index (χ2v) is 8.71. The molecule has 0 atom stereocenters. The van der Waals surface area contributed by atoms with Crippen molar-refractivity contribution in [2.45, 2.75) is 11.7 Å². The van der Waals surface area contributed by atoms with Gasteiger partial charge in [0, 0.05) is 15.7 Å². The van der Waals surface area contributed by atoms with Crippen LogP contribution < -0.4 is 5.32 Å².